The predicted molar refractivity (Wildman–Crippen MR) is 122 cm³/mol. The Kier molecular flexibility index (Phi) is 6.67. The van der Waals surface area contributed by atoms with Gasteiger partial charge in [0.2, 0.25) is 10.0 Å². The summed E-state index contributed by atoms with van der Waals surface area (Å²) < 4.78 is 32.0. The summed E-state index contributed by atoms with van der Waals surface area (Å²) in [5, 5.41) is 0.659. The van der Waals surface area contributed by atoms with Crippen LogP contribution < -0.4 is 9.46 Å². The molecular formula is C22H27N3O3S2. The van der Waals surface area contributed by atoms with Gasteiger partial charge >= 0.3 is 0 Å². The zero-order chi connectivity index (χ0) is 21.0. The van der Waals surface area contributed by atoms with E-state index in [-0.39, 0.29) is 0 Å². The van der Waals surface area contributed by atoms with Crippen molar-refractivity contribution in [1.29, 1.82) is 0 Å². The molecule has 1 heterocycles. The number of nitrogens with zero attached hydrogens (tertiary/aromatic N) is 2. The summed E-state index contributed by atoms with van der Waals surface area (Å²) in [7, 11) is -3.10. The second-order valence-corrected chi connectivity index (χ2v) is 10.6. The van der Waals surface area contributed by atoms with Crippen LogP contribution >= 0.6 is 11.3 Å². The molecule has 1 aromatic heterocycles. The second kappa shape index (κ2) is 9.43. The van der Waals surface area contributed by atoms with Gasteiger partial charge in [-0.3, -0.25) is 0 Å². The first-order valence-corrected chi connectivity index (χ1v) is 13.0. The zero-order valence-electron chi connectivity index (χ0n) is 17.1. The topological polar surface area (TPSA) is 71.5 Å². The largest absolute Gasteiger partial charge is 0.431 e. The van der Waals surface area contributed by atoms with Gasteiger partial charge in [-0.15, -0.1) is 0 Å². The average molecular weight is 446 g/mol. The van der Waals surface area contributed by atoms with E-state index in [0.29, 0.717) is 17.8 Å². The normalized spacial score (nSPS) is 14.5. The molecule has 0 radical (unpaired) electrons. The van der Waals surface area contributed by atoms with Crippen LogP contribution in [0.15, 0.2) is 48.5 Å². The van der Waals surface area contributed by atoms with Crippen LogP contribution in [0.2, 0.25) is 0 Å². The fraction of sp³-hybridized carbons (Fsp3) is 0.409. The molecule has 1 aliphatic rings. The Morgan fingerprint density at radius 2 is 1.90 bits per heavy atom. The van der Waals surface area contributed by atoms with E-state index in [1.165, 1.54) is 24.7 Å². The maximum absolute atomic E-state index is 11.2. The molecule has 3 aromatic rings. The molecule has 0 bridgehead atoms. The Labute approximate surface area is 181 Å². The average Bonchev–Trinajstić information content (AvgIpc) is 3.47. The van der Waals surface area contributed by atoms with E-state index in [1.54, 1.807) is 11.3 Å². The Balaban J connectivity index is 1.27. The van der Waals surface area contributed by atoms with E-state index in [2.05, 4.69) is 26.7 Å². The molecule has 1 fully saturated rings. The summed E-state index contributed by atoms with van der Waals surface area (Å²) in [5.74, 6) is 0.795. The fourth-order valence-electron chi connectivity index (χ4n) is 3.45. The molecular weight excluding hydrogens is 418 g/mol. The molecule has 1 saturated carbocycles. The standard InChI is InChI=1S/C22H27N3O3S2/c1-30(26,27)23-14-4-15-25(18-9-10-18)16-13-17-7-11-19(12-8-17)28-22-24-20-5-2-3-6-21(20)29-22/h2-3,5-8,11-12,18,23H,4,9-10,13-16H2,1H3. The lowest BCUT2D eigenvalue weighted by atomic mass is 10.1. The lowest BCUT2D eigenvalue weighted by Gasteiger charge is -2.22. The zero-order valence-corrected chi connectivity index (χ0v) is 18.7. The summed E-state index contributed by atoms with van der Waals surface area (Å²) >= 11 is 1.55. The van der Waals surface area contributed by atoms with Crippen molar-refractivity contribution in [2.75, 3.05) is 25.9 Å². The first kappa shape index (κ1) is 21.2. The van der Waals surface area contributed by atoms with Crippen molar-refractivity contribution in [2.45, 2.75) is 31.7 Å². The van der Waals surface area contributed by atoms with Gasteiger partial charge in [0.15, 0.2) is 0 Å². The number of fused-ring (bicyclic) bond motifs is 1. The number of hydrogen-bond acceptors (Lipinski definition) is 6. The number of ether oxygens (including phenoxy) is 1. The third-order valence-electron chi connectivity index (χ3n) is 5.14. The van der Waals surface area contributed by atoms with E-state index in [9.17, 15) is 8.42 Å². The molecule has 30 heavy (non-hydrogen) atoms. The van der Waals surface area contributed by atoms with E-state index >= 15 is 0 Å². The van der Waals surface area contributed by atoms with Crippen molar-refractivity contribution in [3.63, 3.8) is 0 Å². The molecule has 0 atom stereocenters. The van der Waals surface area contributed by atoms with Crippen molar-refractivity contribution in [1.82, 2.24) is 14.6 Å². The molecule has 160 valence electrons. The lowest BCUT2D eigenvalue weighted by molar-refractivity contribution is 0.264. The number of para-hydroxylation sites is 1. The molecule has 2 aromatic carbocycles. The van der Waals surface area contributed by atoms with Crippen molar-refractivity contribution in [3.8, 4) is 10.9 Å². The number of benzene rings is 2. The Hall–Kier alpha value is -2.00. The third-order valence-corrected chi connectivity index (χ3v) is 6.78. The Morgan fingerprint density at radius 3 is 2.60 bits per heavy atom. The second-order valence-electron chi connectivity index (χ2n) is 7.73. The number of rotatable bonds is 11. The summed E-state index contributed by atoms with van der Waals surface area (Å²) in [4.78, 5) is 7.00. The first-order chi connectivity index (χ1) is 14.5. The van der Waals surface area contributed by atoms with Crippen molar-refractivity contribution >= 4 is 31.6 Å². The molecule has 0 unspecified atom stereocenters. The highest BCUT2D eigenvalue weighted by atomic mass is 32.2. The molecule has 0 amide bonds. The summed E-state index contributed by atoms with van der Waals surface area (Å²) in [5.41, 5.74) is 2.23. The first-order valence-electron chi connectivity index (χ1n) is 10.3. The summed E-state index contributed by atoms with van der Waals surface area (Å²) in [6, 6.07) is 16.9. The maximum Gasteiger partial charge on any atom is 0.279 e. The van der Waals surface area contributed by atoms with Crippen LogP contribution in [0.3, 0.4) is 0 Å². The van der Waals surface area contributed by atoms with Gasteiger partial charge in [-0.05, 0) is 62.1 Å². The number of thiazole rings is 1. The van der Waals surface area contributed by atoms with Crippen LogP contribution in [-0.4, -0.2) is 50.2 Å². The van der Waals surface area contributed by atoms with Gasteiger partial charge in [0, 0.05) is 19.1 Å². The van der Waals surface area contributed by atoms with Gasteiger partial charge in [-0.25, -0.2) is 18.1 Å². The van der Waals surface area contributed by atoms with Crippen molar-refractivity contribution in [2.24, 2.45) is 0 Å². The minimum absolute atomic E-state index is 0.500. The molecule has 0 aliphatic heterocycles. The number of aromatic nitrogens is 1. The van der Waals surface area contributed by atoms with Crippen molar-refractivity contribution < 1.29 is 13.2 Å². The molecule has 0 saturated heterocycles. The number of sulfonamides is 1. The molecule has 4 rings (SSSR count). The molecule has 8 heteroatoms. The Bertz CT molecular complexity index is 1040. The van der Waals surface area contributed by atoms with Gasteiger partial charge in [-0.2, -0.15) is 0 Å². The van der Waals surface area contributed by atoms with Gasteiger partial charge in [0.1, 0.15) is 5.75 Å². The van der Waals surface area contributed by atoms with Crippen LogP contribution in [0.25, 0.3) is 10.2 Å². The van der Waals surface area contributed by atoms with Crippen molar-refractivity contribution in [3.05, 3.63) is 54.1 Å². The van der Waals surface area contributed by atoms with Gasteiger partial charge in [0.25, 0.3) is 5.19 Å². The summed E-state index contributed by atoms with van der Waals surface area (Å²) in [6.07, 6.45) is 5.49. The highest BCUT2D eigenvalue weighted by Gasteiger charge is 2.28. The van der Waals surface area contributed by atoms with E-state index in [4.69, 9.17) is 4.74 Å². The highest BCUT2D eigenvalue weighted by Crippen LogP contribution is 2.31. The van der Waals surface area contributed by atoms with Gasteiger partial charge in [0.05, 0.1) is 16.5 Å². The van der Waals surface area contributed by atoms with Gasteiger partial charge < -0.3 is 9.64 Å². The lowest BCUT2D eigenvalue weighted by Crippen LogP contribution is -2.32. The molecule has 6 nitrogen and oxygen atoms in total. The quantitative estimate of drug-likeness (QED) is 0.451. The summed E-state index contributed by atoms with van der Waals surface area (Å²) in [6.45, 7) is 2.41. The van der Waals surface area contributed by atoms with Crippen LogP contribution in [0.4, 0.5) is 0 Å². The van der Waals surface area contributed by atoms with Crippen LogP contribution in [0.1, 0.15) is 24.8 Å². The smallest absolute Gasteiger partial charge is 0.279 e. The number of hydrogen-bond donors (Lipinski definition) is 1. The fourth-order valence-corrected chi connectivity index (χ4v) is 4.80. The van der Waals surface area contributed by atoms with Crippen LogP contribution in [0, 0.1) is 0 Å². The third kappa shape index (κ3) is 6.25. The minimum atomic E-state index is -3.10. The molecule has 1 N–H and O–H groups in total. The van der Waals surface area contributed by atoms with E-state index in [1.807, 2.05) is 36.4 Å². The Morgan fingerprint density at radius 1 is 1.13 bits per heavy atom. The highest BCUT2D eigenvalue weighted by molar-refractivity contribution is 7.88. The molecule has 1 aliphatic carbocycles. The maximum atomic E-state index is 11.2. The van der Waals surface area contributed by atoms with Crippen LogP contribution in [-0.2, 0) is 16.4 Å². The SMILES string of the molecule is CS(=O)(=O)NCCCN(CCc1ccc(Oc2nc3ccccc3s2)cc1)C1CC1. The van der Waals surface area contributed by atoms with Gasteiger partial charge in [-0.1, -0.05) is 35.6 Å². The predicted octanol–water partition coefficient (Wildman–Crippen LogP) is 4.03. The monoisotopic (exact) mass is 445 g/mol. The number of nitrogens with one attached hydrogen (secondary N) is 1. The van der Waals surface area contributed by atoms with E-state index < -0.39 is 10.0 Å². The molecule has 0 spiro atoms. The minimum Gasteiger partial charge on any atom is -0.431 e. The van der Waals surface area contributed by atoms with E-state index in [0.717, 1.165) is 41.9 Å². The van der Waals surface area contributed by atoms with Crippen LogP contribution in [0.5, 0.6) is 10.9 Å².